The fourth-order valence-electron chi connectivity index (χ4n) is 4.35. The van der Waals surface area contributed by atoms with Gasteiger partial charge in [-0.15, -0.1) is 5.10 Å². The minimum Gasteiger partial charge on any atom is -0.354 e. The Labute approximate surface area is 177 Å². The van der Waals surface area contributed by atoms with Crippen molar-refractivity contribution in [2.75, 3.05) is 25.0 Å². The molecule has 3 heterocycles. The lowest BCUT2D eigenvalue weighted by Crippen LogP contribution is -2.38. The molecule has 4 aromatic rings. The number of nitrogens with one attached hydrogen (secondary N) is 1. The Morgan fingerprint density at radius 2 is 1.83 bits per heavy atom. The van der Waals surface area contributed by atoms with Gasteiger partial charge >= 0.3 is 0 Å². The molecule has 30 heavy (non-hydrogen) atoms. The molecule has 1 unspecified atom stereocenters. The van der Waals surface area contributed by atoms with Gasteiger partial charge < -0.3 is 10.2 Å². The number of likely N-dealkylation sites (tertiary alicyclic amines) is 1. The lowest BCUT2D eigenvalue weighted by Gasteiger charge is -2.33. The third-order valence-corrected chi connectivity index (χ3v) is 6.06. The van der Waals surface area contributed by atoms with Crippen LogP contribution in [-0.4, -0.2) is 50.2 Å². The van der Waals surface area contributed by atoms with Gasteiger partial charge in [-0.05, 0) is 44.9 Å². The number of nitrogens with zero attached hydrogens (tertiary/aromatic N) is 5. The van der Waals surface area contributed by atoms with Crippen LogP contribution >= 0.6 is 0 Å². The SMILES string of the molecule is CC1CCCCN1CCCNc1nc2ccccc2c2nc(-c3ccccc3)nn12. The summed E-state index contributed by atoms with van der Waals surface area (Å²) in [5.41, 5.74) is 2.78. The van der Waals surface area contributed by atoms with Crippen molar-refractivity contribution in [2.24, 2.45) is 0 Å². The number of aromatic nitrogens is 4. The standard InChI is InChI=1S/C24H28N6/c1-18-10-7-8-16-29(18)17-9-15-25-24-26-21-14-6-5-13-20(21)23-27-22(28-30(23)24)19-11-3-2-4-12-19/h2-6,11-14,18H,7-10,15-17H2,1H3,(H,25,26). The Bertz CT molecular complexity index is 1140. The van der Waals surface area contributed by atoms with Crippen molar-refractivity contribution in [3.05, 3.63) is 54.6 Å². The summed E-state index contributed by atoms with van der Waals surface area (Å²) in [7, 11) is 0. The van der Waals surface area contributed by atoms with Crippen molar-refractivity contribution in [3.63, 3.8) is 0 Å². The van der Waals surface area contributed by atoms with Gasteiger partial charge in [-0.1, -0.05) is 48.9 Å². The second-order valence-corrected chi connectivity index (χ2v) is 8.15. The molecule has 5 rings (SSSR count). The maximum atomic E-state index is 4.85. The third-order valence-electron chi connectivity index (χ3n) is 6.06. The fraction of sp³-hybridized carbons (Fsp3) is 0.375. The van der Waals surface area contributed by atoms with Gasteiger partial charge in [0.05, 0.1) is 5.52 Å². The van der Waals surface area contributed by atoms with Gasteiger partial charge in [0, 0.05) is 30.1 Å². The Hall–Kier alpha value is -2.99. The van der Waals surface area contributed by atoms with Crippen LogP contribution in [0.5, 0.6) is 0 Å². The number of rotatable bonds is 6. The van der Waals surface area contributed by atoms with Crippen LogP contribution in [0.3, 0.4) is 0 Å². The van der Waals surface area contributed by atoms with E-state index in [4.69, 9.17) is 15.1 Å². The van der Waals surface area contributed by atoms with Crippen LogP contribution in [-0.2, 0) is 0 Å². The van der Waals surface area contributed by atoms with E-state index in [1.54, 1.807) is 0 Å². The van der Waals surface area contributed by atoms with E-state index < -0.39 is 0 Å². The predicted octanol–water partition coefficient (Wildman–Crippen LogP) is 4.62. The number of hydrogen-bond donors (Lipinski definition) is 1. The van der Waals surface area contributed by atoms with E-state index in [1.807, 2.05) is 53.0 Å². The van der Waals surface area contributed by atoms with Crippen LogP contribution in [0.2, 0.25) is 0 Å². The molecule has 6 heteroatoms. The van der Waals surface area contributed by atoms with Gasteiger partial charge in [0.2, 0.25) is 5.95 Å². The first-order chi connectivity index (χ1) is 14.8. The number of hydrogen-bond acceptors (Lipinski definition) is 5. The minimum absolute atomic E-state index is 0.702. The van der Waals surface area contributed by atoms with E-state index >= 15 is 0 Å². The zero-order valence-electron chi connectivity index (χ0n) is 17.5. The predicted molar refractivity (Wildman–Crippen MR) is 122 cm³/mol. The quantitative estimate of drug-likeness (QED) is 0.479. The summed E-state index contributed by atoms with van der Waals surface area (Å²) < 4.78 is 1.86. The first kappa shape index (κ1) is 19.0. The van der Waals surface area contributed by atoms with E-state index in [9.17, 15) is 0 Å². The van der Waals surface area contributed by atoms with E-state index in [0.717, 1.165) is 53.4 Å². The van der Waals surface area contributed by atoms with Crippen LogP contribution in [0.1, 0.15) is 32.6 Å². The van der Waals surface area contributed by atoms with Crippen molar-refractivity contribution >= 4 is 22.5 Å². The van der Waals surface area contributed by atoms with E-state index in [1.165, 1.54) is 25.8 Å². The monoisotopic (exact) mass is 400 g/mol. The molecule has 0 amide bonds. The van der Waals surface area contributed by atoms with Crippen LogP contribution in [0.15, 0.2) is 54.6 Å². The molecule has 6 nitrogen and oxygen atoms in total. The van der Waals surface area contributed by atoms with Gasteiger partial charge in [-0.25, -0.2) is 9.97 Å². The summed E-state index contributed by atoms with van der Waals surface area (Å²) in [5.74, 6) is 1.48. The maximum absolute atomic E-state index is 4.85. The van der Waals surface area contributed by atoms with Crippen molar-refractivity contribution in [2.45, 2.75) is 38.6 Å². The number of piperidine rings is 1. The van der Waals surface area contributed by atoms with Crippen LogP contribution in [0.25, 0.3) is 27.9 Å². The Morgan fingerprint density at radius 3 is 2.70 bits per heavy atom. The molecule has 0 saturated carbocycles. The molecule has 2 aromatic heterocycles. The smallest absolute Gasteiger partial charge is 0.226 e. The normalized spacial score (nSPS) is 17.6. The summed E-state index contributed by atoms with van der Waals surface area (Å²) >= 11 is 0. The Morgan fingerprint density at radius 1 is 1.00 bits per heavy atom. The van der Waals surface area contributed by atoms with Crippen LogP contribution < -0.4 is 5.32 Å². The average Bonchev–Trinajstić information content (AvgIpc) is 3.24. The second kappa shape index (κ2) is 8.40. The highest BCUT2D eigenvalue weighted by atomic mass is 15.4. The third kappa shape index (κ3) is 3.75. The van der Waals surface area contributed by atoms with Gasteiger partial charge in [0.25, 0.3) is 0 Å². The number of benzene rings is 2. The summed E-state index contributed by atoms with van der Waals surface area (Å²) in [6.07, 6.45) is 5.10. The summed E-state index contributed by atoms with van der Waals surface area (Å²) in [6, 6.07) is 18.9. The molecule has 154 valence electrons. The molecular weight excluding hydrogens is 372 g/mol. The highest BCUT2D eigenvalue weighted by Gasteiger charge is 2.18. The molecule has 1 atom stereocenters. The average molecular weight is 401 g/mol. The number of fused-ring (bicyclic) bond motifs is 3. The molecule has 0 radical (unpaired) electrons. The van der Waals surface area contributed by atoms with Crippen molar-refractivity contribution in [1.29, 1.82) is 0 Å². The lowest BCUT2D eigenvalue weighted by atomic mass is 10.0. The van der Waals surface area contributed by atoms with Crippen molar-refractivity contribution in [3.8, 4) is 11.4 Å². The van der Waals surface area contributed by atoms with Gasteiger partial charge in [0.15, 0.2) is 11.5 Å². The van der Waals surface area contributed by atoms with Gasteiger partial charge in [-0.3, -0.25) is 0 Å². The van der Waals surface area contributed by atoms with Crippen molar-refractivity contribution < 1.29 is 0 Å². The van der Waals surface area contributed by atoms with Crippen LogP contribution in [0.4, 0.5) is 5.95 Å². The van der Waals surface area contributed by atoms with Crippen LogP contribution in [0, 0.1) is 0 Å². The zero-order valence-corrected chi connectivity index (χ0v) is 17.5. The largest absolute Gasteiger partial charge is 0.354 e. The molecule has 0 bridgehead atoms. The molecule has 1 N–H and O–H groups in total. The van der Waals surface area contributed by atoms with E-state index in [2.05, 4.69) is 23.2 Å². The highest BCUT2D eigenvalue weighted by molar-refractivity contribution is 5.92. The molecule has 0 spiro atoms. The van der Waals surface area contributed by atoms with Gasteiger partial charge in [0.1, 0.15) is 0 Å². The molecular formula is C24H28N6. The minimum atomic E-state index is 0.702. The van der Waals surface area contributed by atoms with E-state index in [0.29, 0.717) is 6.04 Å². The zero-order chi connectivity index (χ0) is 20.3. The first-order valence-electron chi connectivity index (χ1n) is 11.0. The Balaban J connectivity index is 1.41. The summed E-state index contributed by atoms with van der Waals surface area (Å²) in [5, 5.41) is 9.32. The molecule has 1 aliphatic heterocycles. The summed E-state index contributed by atoms with van der Waals surface area (Å²) in [4.78, 5) is 12.3. The number of anilines is 1. The van der Waals surface area contributed by atoms with Crippen molar-refractivity contribution in [1.82, 2.24) is 24.5 Å². The molecule has 1 aliphatic rings. The fourth-order valence-corrected chi connectivity index (χ4v) is 4.35. The van der Waals surface area contributed by atoms with E-state index in [-0.39, 0.29) is 0 Å². The summed E-state index contributed by atoms with van der Waals surface area (Å²) in [6.45, 7) is 5.56. The second-order valence-electron chi connectivity index (χ2n) is 8.15. The topological polar surface area (TPSA) is 58.3 Å². The molecule has 2 aromatic carbocycles. The molecule has 1 saturated heterocycles. The molecule has 0 aliphatic carbocycles. The lowest BCUT2D eigenvalue weighted by molar-refractivity contribution is 0.160. The first-order valence-corrected chi connectivity index (χ1v) is 11.0. The maximum Gasteiger partial charge on any atom is 0.226 e. The molecule has 1 fully saturated rings. The van der Waals surface area contributed by atoms with Gasteiger partial charge in [-0.2, -0.15) is 4.52 Å². The highest BCUT2D eigenvalue weighted by Crippen LogP contribution is 2.24. The number of para-hydroxylation sites is 1. The Kier molecular flexibility index (Phi) is 5.32.